The van der Waals surface area contributed by atoms with Crippen LogP contribution in [-0.4, -0.2) is 24.4 Å². The van der Waals surface area contributed by atoms with Crippen LogP contribution < -0.4 is 10.1 Å². The minimum atomic E-state index is -0.545. The van der Waals surface area contributed by atoms with Crippen molar-refractivity contribution in [3.05, 3.63) is 58.2 Å². The third kappa shape index (κ3) is 4.72. The fourth-order valence-electron chi connectivity index (χ4n) is 1.60. The van der Waals surface area contributed by atoms with Gasteiger partial charge in [-0.3, -0.25) is 0 Å². The van der Waals surface area contributed by atoms with Crippen LogP contribution in [0.2, 0.25) is 0 Å². The Hall–Kier alpha value is -1.27. The average Bonchev–Trinajstić information content (AvgIpc) is 2.45. The number of halogens is 1. The summed E-state index contributed by atoms with van der Waals surface area (Å²) in [6, 6.07) is 17.5. The molecule has 2 N–H and O–H groups in total. The topological polar surface area (TPSA) is 41.5 Å². The van der Waals surface area contributed by atoms with Gasteiger partial charge in [0.1, 0.15) is 18.5 Å². The van der Waals surface area contributed by atoms with Gasteiger partial charge < -0.3 is 15.2 Å². The van der Waals surface area contributed by atoms with Gasteiger partial charge in [0.15, 0.2) is 0 Å². The quantitative estimate of drug-likeness (QED) is 0.769. The van der Waals surface area contributed by atoms with E-state index in [0.29, 0.717) is 6.54 Å². The number of aliphatic hydroxyl groups excluding tert-OH is 1. The van der Waals surface area contributed by atoms with Gasteiger partial charge in [-0.15, -0.1) is 0 Å². The largest absolute Gasteiger partial charge is 0.491 e. The molecule has 0 aliphatic heterocycles. The van der Waals surface area contributed by atoms with Crippen LogP contribution in [0, 0.1) is 3.57 Å². The SMILES string of the molecule is OC(CNc1ccccc1I)COc1ccccc1. The Morgan fingerprint density at radius 3 is 2.47 bits per heavy atom. The molecule has 0 bridgehead atoms. The summed E-state index contributed by atoms with van der Waals surface area (Å²) in [6.45, 7) is 0.743. The van der Waals surface area contributed by atoms with Gasteiger partial charge in [0, 0.05) is 15.8 Å². The Morgan fingerprint density at radius 1 is 1.05 bits per heavy atom. The van der Waals surface area contributed by atoms with E-state index in [-0.39, 0.29) is 6.61 Å². The van der Waals surface area contributed by atoms with Crippen molar-refractivity contribution in [2.75, 3.05) is 18.5 Å². The second-order valence-electron chi connectivity index (χ2n) is 4.14. The van der Waals surface area contributed by atoms with E-state index >= 15 is 0 Å². The highest BCUT2D eigenvalue weighted by atomic mass is 127. The number of hydrogen-bond donors (Lipinski definition) is 2. The summed E-state index contributed by atoms with van der Waals surface area (Å²) in [5.74, 6) is 0.774. The number of aliphatic hydroxyl groups is 1. The zero-order valence-corrected chi connectivity index (χ0v) is 12.6. The first-order valence-electron chi connectivity index (χ1n) is 6.10. The Labute approximate surface area is 126 Å². The summed E-state index contributed by atoms with van der Waals surface area (Å²) in [6.07, 6.45) is -0.545. The van der Waals surface area contributed by atoms with Crippen molar-refractivity contribution in [2.45, 2.75) is 6.10 Å². The van der Waals surface area contributed by atoms with Gasteiger partial charge in [0.2, 0.25) is 0 Å². The van der Waals surface area contributed by atoms with Gasteiger partial charge in [-0.1, -0.05) is 30.3 Å². The van der Waals surface area contributed by atoms with Gasteiger partial charge in [0.25, 0.3) is 0 Å². The summed E-state index contributed by atoms with van der Waals surface area (Å²) in [4.78, 5) is 0. The summed E-state index contributed by atoms with van der Waals surface area (Å²) >= 11 is 2.26. The van der Waals surface area contributed by atoms with Gasteiger partial charge in [0.05, 0.1) is 0 Å². The van der Waals surface area contributed by atoms with Crippen LogP contribution in [0.3, 0.4) is 0 Å². The lowest BCUT2D eigenvalue weighted by molar-refractivity contribution is 0.117. The Morgan fingerprint density at radius 2 is 1.74 bits per heavy atom. The summed E-state index contributed by atoms with van der Waals surface area (Å²) in [5.41, 5.74) is 1.03. The fraction of sp³-hybridized carbons (Fsp3) is 0.200. The van der Waals surface area contributed by atoms with E-state index < -0.39 is 6.10 Å². The molecule has 100 valence electrons. The first-order valence-corrected chi connectivity index (χ1v) is 7.18. The van der Waals surface area contributed by atoms with E-state index in [1.54, 1.807) is 0 Å². The maximum atomic E-state index is 9.87. The lowest BCUT2D eigenvalue weighted by Crippen LogP contribution is -2.26. The zero-order valence-electron chi connectivity index (χ0n) is 10.4. The lowest BCUT2D eigenvalue weighted by atomic mass is 10.3. The van der Waals surface area contributed by atoms with E-state index in [0.717, 1.165) is 15.0 Å². The van der Waals surface area contributed by atoms with Crippen molar-refractivity contribution in [3.8, 4) is 5.75 Å². The molecule has 3 nitrogen and oxygen atoms in total. The molecular formula is C15H16INO2. The van der Waals surface area contributed by atoms with Crippen molar-refractivity contribution >= 4 is 28.3 Å². The van der Waals surface area contributed by atoms with E-state index in [9.17, 15) is 5.11 Å². The molecule has 0 saturated heterocycles. The number of anilines is 1. The molecule has 0 amide bonds. The fourth-order valence-corrected chi connectivity index (χ4v) is 2.18. The van der Waals surface area contributed by atoms with Gasteiger partial charge >= 0.3 is 0 Å². The maximum absolute atomic E-state index is 9.87. The Balaban J connectivity index is 1.76. The van der Waals surface area contributed by atoms with Crippen LogP contribution in [0.4, 0.5) is 5.69 Å². The average molecular weight is 369 g/mol. The lowest BCUT2D eigenvalue weighted by Gasteiger charge is -2.14. The first-order chi connectivity index (χ1) is 9.25. The van der Waals surface area contributed by atoms with Gasteiger partial charge in [-0.25, -0.2) is 0 Å². The first kappa shape index (κ1) is 14.1. The van der Waals surface area contributed by atoms with Gasteiger partial charge in [-0.05, 0) is 46.9 Å². The molecule has 0 aliphatic rings. The smallest absolute Gasteiger partial charge is 0.119 e. The van der Waals surface area contributed by atoms with E-state index in [1.165, 1.54) is 0 Å². The monoisotopic (exact) mass is 369 g/mol. The zero-order chi connectivity index (χ0) is 13.5. The molecule has 0 aliphatic carbocycles. The standard InChI is InChI=1S/C15H16INO2/c16-14-8-4-5-9-15(14)17-10-12(18)11-19-13-6-2-1-3-7-13/h1-9,12,17-18H,10-11H2. The molecule has 0 fully saturated rings. The molecule has 0 heterocycles. The molecule has 2 aromatic rings. The Bertz CT molecular complexity index is 505. The normalized spacial score (nSPS) is 11.9. The highest BCUT2D eigenvalue weighted by Crippen LogP contribution is 2.16. The van der Waals surface area contributed by atoms with Crippen LogP contribution in [0.15, 0.2) is 54.6 Å². The molecule has 0 saturated carbocycles. The van der Waals surface area contributed by atoms with E-state index in [2.05, 4.69) is 27.9 Å². The van der Waals surface area contributed by atoms with Crippen LogP contribution in [0.1, 0.15) is 0 Å². The highest BCUT2D eigenvalue weighted by molar-refractivity contribution is 14.1. The minimum absolute atomic E-state index is 0.278. The van der Waals surface area contributed by atoms with Crippen LogP contribution in [-0.2, 0) is 0 Å². The van der Waals surface area contributed by atoms with Crippen molar-refractivity contribution in [2.24, 2.45) is 0 Å². The second kappa shape index (κ2) is 7.35. The van der Waals surface area contributed by atoms with Crippen molar-refractivity contribution in [3.63, 3.8) is 0 Å². The van der Waals surface area contributed by atoms with Crippen LogP contribution in [0.25, 0.3) is 0 Å². The molecule has 4 heteroatoms. The molecule has 0 spiro atoms. The minimum Gasteiger partial charge on any atom is -0.491 e. The summed E-state index contributed by atoms with van der Waals surface area (Å²) < 4.78 is 6.63. The molecule has 1 atom stereocenters. The van der Waals surface area contributed by atoms with E-state index in [4.69, 9.17) is 4.74 Å². The third-order valence-electron chi connectivity index (χ3n) is 2.59. The number of ether oxygens (including phenoxy) is 1. The summed E-state index contributed by atoms with van der Waals surface area (Å²) in [5, 5.41) is 13.1. The van der Waals surface area contributed by atoms with E-state index in [1.807, 2.05) is 54.6 Å². The second-order valence-corrected chi connectivity index (χ2v) is 5.30. The molecule has 2 aromatic carbocycles. The molecule has 2 rings (SSSR count). The Kier molecular flexibility index (Phi) is 5.47. The number of rotatable bonds is 6. The molecule has 1 unspecified atom stereocenters. The summed E-state index contributed by atoms with van der Waals surface area (Å²) in [7, 11) is 0. The number of hydrogen-bond acceptors (Lipinski definition) is 3. The maximum Gasteiger partial charge on any atom is 0.119 e. The predicted octanol–water partition coefficient (Wildman–Crippen LogP) is 3.14. The molecule has 0 radical (unpaired) electrons. The highest BCUT2D eigenvalue weighted by Gasteiger charge is 2.06. The third-order valence-corrected chi connectivity index (χ3v) is 3.53. The molecule has 19 heavy (non-hydrogen) atoms. The number of nitrogens with one attached hydrogen (secondary N) is 1. The molecular weight excluding hydrogens is 353 g/mol. The van der Waals surface area contributed by atoms with Gasteiger partial charge in [-0.2, -0.15) is 0 Å². The number of para-hydroxylation sites is 2. The van der Waals surface area contributed by atoms with Crippen molar-refractivity contribution < 1.29 is 9.84 Å². The van der Waals surface area contributed by atoms with Crippen LogP contribution in [0.5, 0.6) is 5.75 Å². The number of benzene rings is 2. The van der Waals surface area contributed by atoms with Crippen molar-refractivity contribution in [1.29, 1.82) is 0 Å². The molecule has 0 aromatic heterocycles. The van der Waals surface area contributed by atoms with Crippen LogP contribution >= 0.6 is 22.6 Å². The van der Waals surface area contributed by atoms with Crippen molar-refractivity contribution in [1.82, 2.24) is 0 Å². The predicted molar refractivity (Wildman–Crippen MR) is 85.6 cm³/mol.